The first-order valence-corrected chi connectivity index (χ1v) is 8.41. The molecule has 1 fully saturated rings. The van der Waals surface area contributed by atoms with Gasteiger partial charge in [-0.2, -0.15) is 0 Å². The Hall–Kier alpha value is -1.38. The van der Waals surface area contributed by atoms with Gasteiger partial charge in [-0.05, 0) is 18.2 Å². The van der Waals surface area contributed by atoms with E-state index < -0.39 is 19.8 Å². The average molecular weight is 338 g/mol. The molecule has 116 valence electrons. The van der Waals surface area contributed by atoms with Gasteiger partial charge in [0, 0.05) is 23.8 Å². The second-order valence-electron chi connectivity index (χ2n) is 4.31. The minimum atomic E-state index is -4.17. The summed E-state index contributed by atoms with van der Waals surface area (Å²) >= 11 is 0. The molecule has 1 aliphatic rings. The maximum Gasteiger partial charge on any atom is 0.265 e. The van der Waals surface area contributed by atoms with Gasteiger partial charge in [0.05, 0.1) is 13.2 Å². The quantitative estimate of drug-likeness (QED) is 0.766. The van der Waals surface area contributed by atoms with Crippen molar-refractivity contribution in [3.05, 3.63) is 24.0 Å². The topological polar surface area (TPSA) is 72.9 Å². The molecule has 0 spiro atoms. The first-order chi connectivity index (χ1) is 9.88. The van der Waals surface area contributed by atoms with Gasteiger partial charge in [-0.3, -0.25) is 4.79 Å². The lowest BCUT2D eigenvalue weighted by molar-refractivity contribution is -0.137. The highest BCUT2D eigenvalue weighted by atomic mass is 35.7. The molecular formula is C12H13ClFNO5S. The molecule has 0 radical (unpaired) electrons. The Morgan fingerprint density at radius 3 is 2.67 bits per heavy atom. The van der Waals surface area contributed by atoms with Crippen LogP contribution in [0, 0.1) is 5.82 Å². The molecule has 2 rings (SSSR count). The summed E-state index contributed by atoms with van der Waals surface area (Å²) in [6, 6.07) is 2.90. The van der Waals surface area contributed by atoms with E-state index in [0.717, 1.165) is 18.2 Å². The van der Waals surface area contributed by atoms with Crippen LogP contribution in [-0.4, -0.2) is 52.1 Å². The molecule has 9 heteroatoms. The van der Waals surface area contributed by atoms with Crippen molar-refractivity contribution in [2.75, 3.05) is 32.9 Å². The lowest BCUT2D eigenvalue weighted by Crippen LogP contribution is -2.43. The highest BCUT2D eigenvalue weighted by Gasteiger charge is 2.21. The molecule has 0 N–H and O–H groups in total. The fraction of sp³-hybridized carbons (Fsp3) is 0.417. The van der Waals surface area contributed by atoms with Gasteiger partial charge in [0.25, 0.3) is 15.0 Å². The molecule has 1 aromatic carbocycles. The summed E-state index contributed by atoms with van der Waals surface area (Å²) in [6.45, 7) is 1.44. The van der Waals surface area contributed by atoms with Crippen LogP contribution in [0.5, 0.6) is 5.75 Å². The van der Waals surface area contributed by atoms with Crippen LogP contribution >= 0.6 is 10.7 Å². The zero-order valence-corrected chi connectivity index (χ0v) is 12.5. The molecule has 1 aliphatic heterocycles. The highest BCUT2D eigenvalue weighted by molar-refractivity contribution is 8.13. The van der Waals surface area contributed by atoms with Crippen LogP contribution in [0.1, 0.15) is 0 Å². The second-order valence-corrected chi connectivity index (χ2v) is 6.85. The summed E-state index contributed by atoms with van der Waals surface area (Å²) in [5, 5.41) is 0. The van der Waals surface area contributed by atoms with Crippen molar-refractivity contribution >= 4 is 25.6 Å². The van der Waals surface area contributed by atoms with Gasteiger partial charge in [-0.25, -0.2) is 12.8 Å². The molecule has 0 aliphatic carbocycles. The monoisotopic (exact) mass is 337 g/mol. The van der Waals surface area contributed by atoms with E-state index >= 15 is 0 Å². The van der Waals surface area contributed by atoms with Crippen LogP contribution in [0.15, 0.2) is 23.1 Å². The summed E-state index contributed by atoms with van der Waals surface area (Å²) in [5.74, 6) is -1.23. The minimum absolute atomic E-state index is 0.159. The van der Waals surface area contributed by atoms with E-state index in [1.165, 1.54) is 0 Å². The van der Waals surface area contributed by atoms with Gasteiger partial charge in [0.2, 0.25) is 0 Å². The SMILES string of the molecule is O=C(COc1ccc(F)cc1S(=O)(=O)Cl)N1CCOCC1. The Bertz CT molecular complexity index is 631. The van der Waals surface area contributed by atoms with E-state index in [1.54, 1.807) is 4.90 Å². The Labute approximate surface area is 125 Å². The second kappa shape index (κ2) is 6.59. The molecule has 0 bridgehead atoms. The smallest absolute Gasteiger partial charge is 0.265 e. The number of halogens is 2. The van der Waals surface area contributed by atoms with E-state index in [2.05, 4.69) is 0 Å². The van der Waals surface area contributed by atoms with Gasteiger partial charge < -0.3 is 14.4 Å². The van der Waals surface area contributed by atoms with Gasteiger partial charge in [-0.15, -0.1) is 0 Å². The van der Waals surface area contributed by atoms with Crippen LogP contribution < -0.4 is 4.74 Å². The van der Waals surface area contributed by atoms with Crippen LogP contribution in [0.2, 0.25) is 0 Å². The van der Waals surface area contributed by atoms with Crippen molar-refractivity contribution in [2.24, 2.45) is 0 Å². The molecule has 1 saturated heterocycles. The largest absolute Gasteiger partial charge is 0.482 e. The van der Waals surface area contributed by atoms with Crippen molar-refractivity contribution in [1.82, 2.24) is 4.90 Å². The molecule has 6 nitrogen and oxygen atoms in total. The molecule has 1 heterocycles. The lowest BCUT2D eigenvalue weighted by Gasteiger charge is -2.26. The first-order valence-electron chi connectivity index (χ1n) is 6.10. The zero-order chi connectivity index (χ0) is 15.5. The number of rotatable bonds is 4. The van der Waals surface area contributed by atoms with E-state index in [9.17, 15) is 17.6 Å². The molecule has 0 saturated carbocycles. The van der Waals surface area contributed by atoms with Crippen molar-refractivity contribution in [3.63, 3.8) is 0 Å². The fourth-order valence-corrected chi connectivity index (χ4v) is 2.82. The standard InChI is InChI=1S/C12H13ClFNO5S/c13-21(17,18)11-7-9(14)1-2-10(11)20-8-12(16)15-3-5-19-6-4-15/h1-2,7H,3-6,8H2. The maximum absolute atomic E-state index is 13.1. The Morgan fingerprint density at radius 1 is 1.38 bits per heavy atom. The number of carbonyl (C=O) groups is 1. The van der Waals surface area contributed by atoms with Gasteiger partial charge in [-0.1, -0.05) is 0 Å². The Balaban J connectivity index is 2.08. The number of hydrogen-bond donors (Lipinski definition) is 0. The fourth-order valence-electron chi connectivity index (χ4n) is 1.84. The average Bonchev–Trinajstić information content (AvgIpc) is 2.45. The summed E-state index contributed by atoms with van der Waals surface area (Å²) < 4.78 is 46.1. The number of nitrogens with zero attached hydrogens (tertiary/aromatic N) is 1. The summed E-state index contributed by atoms with van der Waals surface area (Å²) in [6.07, 6.45) is 0. The maximum atomic E-state index is 13.1. The third kappa shape index (κ3) is 4.29. The summed E-state index contributed by atoms with van der Waals surface area (Å²) in [7, 11) is 1.05. The predicted molar refractivity (Wildman–Crippen MR) is 72.3 cm³/mol. The first kappa shape index (κ1) is 16.0. The molecular weight excluding hydrogens is 325 g/mol. The van der Waals surface area contributed by atoms with Gasteiger partial charge in [0.1, 0.15) is 16.5 Å². The molecule has 0 atom stereocenters. The van der Waals surface area contributed by atoms with Crippen LogP contribution in [0.4, 0.5) is 4.39 Å². The number of ether oxygens (including phenoxy) is 2. The van der Waals surface area contributed by atoms with E-state index in [-0.39, 0.29) is 18.3 Å². The summed E-state index contributed by atoms with van der Waals surface area (Å²) in [5.41, 5.74) is 0. The molecule has 0 aromatic heterocycles. The number of morpholine rings is 1. The molecule has 0 unspecified atom stereocenters. The van der Waals surface area contributed by atoms with Crippen LogP contribution in [-0.2, 0) is 18.6 Å². The van der Waals surface area contributed by atoms with E-state index in [0.29, 0.717) is 26.3 Å². The Kier molecular flexibility index (Phi) is 5.02. The van der Waals surface area contributed by atoms with Crippen LogP contribution in [0.3, 0.4) is 0 Å². The number of hydrogen-bond acceptors (Lipinski definition) is 5. The van der Waals surface area contributed by atoms with Gasteiger partial charge in [0.15, 0.2) is 6.61 Å². The predicted octanol–water partition coefficient (Wildman–Crippen LogP) is 0.991. The van der Waals surface area contributed by atoms with Crippen molar-refractivity contribution in [2.45, 2.75) is 4.90 Å². The summed E-state index contributed by atoms with van der Waals surface area (Å²) in [4.78, 5) is 12.9. The zero-order valence-electron chi connectivity index (χ0n) is 10.9. The number of amides is 1. The van der Waals surface area contributed by atoms with Gasteiger partial charge >= 0.3 is 0 Å². The van der Waals surface area contributed by atoms with Crippen molar-refractivity contribution < 1.29 is 27.1 Å². The Morgan fingerprint density at radius 2 is 2.05 bits per heavy atom. The minimum Gasteiger partial charge on any atom is -0.482 e. The van der Waals surface area contributed by atoms with E-state index in [4.69, 9.17) is 20.2 Å². The third-order valence-corrected chi connectivity index (χ3v) is 4.23. The van der Waals surface area contributed by atoms with Crippen molar-refractivity contribution in [3.8, 4) is 5.75 Å². The normalized spacial score (nSPS) is 15.8. The molecule has 21 heavy (non-hydrogen) atoms. The van der Waals surface area contributed by atoms with Crippen molar-refractivity contribution in [1.29, 1.82) is 0 Å². The molecule has 1 amide bonds. The third-order valence-electron chi connectivity index (χ3n) is 2.88. The van der Waals surface area contributed by atoms with Crippen LogP contribution in [0.25, 0.3) is 0 Å². The lowest BCUT2D eigenvalue weighted by atomic mass is 10.3. The van der Waals surface area contributed by atoms with E-state index in [1.807, 2.05) is 0 Å². The number of benzene rings is 1. The number of carbonyl (C=O) groups excluding carboxylic acids is 1. The molecule has 1 aromatic rings. The highest BCUT2D eigenvalue weighted by Crippen LogP contribution is 2.27.